The summed E-state index contributed by atoms with van der Waals surface area (Å²) >= 11 is 0. The van der Waals surface area contributed by atoms with Gasteiger partial charge in [-0.25, -0.2) is 4.79 Å². The normalized spacial score (nSPS) is 23.0. The van der Waals surface area contributed by atoms with Crippen molar-refractivity contribution in [1.82, 2.24) is 4.90 Å². The van der Waals surface area contributed by atoms with Gasteiger partial charge in [0.1, 0.15) is 11.2 Å². The van der Waals surface area contributed by atoms with Crippen LogP contribution in [0.5, 0.6) is 0 Å². The lowest BCUT2D eigenvalue weighted by molar-refractivity contribution is -0.0465. The molecule has 1 atom stereocenters. The van der Waals surface area contributed by atoms with Gasteiger partial charge in [0, 0.05) is 12.2 Å². The third kappa shape index (κ3) is 3.88. The molecule has 1 unspecified atom stereocenters. The number of ether oxygens (including phenoxy) is 1. The smallest absolute Gasteiger partial charge is 0.410 e. The number of likely N-dealkylation sites (tertiary alicyclic amines) is 1. The number of nitrogen functional groups attached to an aromatic ring is 1. The van der Waals surface area contributed by atoms with Gasteiger partial charge in [0.15, 0.2) is 0 Å². The number of nitrogens with two attached hydrogens (primary N) is 1. The molecular formula is C16H24N2O3. The van der Waals surface area contributed by atoms with E-state index in [4.69, 9.17) is 10.5 Å². The second-order valence-electron chi connectivity index (χ2n) is 6.66. The minimum Gasteiger partial charge on any atom is -0.444 e. The summed E-state index contributed by atoms with van der Waals surface area (Å²) in [6.07, 6.45) is 0.979. The summed E-state index contributed by atoms with van der Waals surface area (Å²) in [5.74, 6) is 0. The zero-order chi connectivity index (χ0) is 15.7. The first-order valence-corrected chi connectivity index (χ1v) is 7.26. The highest BCUT2D eigenvalue weighted by Crippen LogP contribution is 2.32. The Bertz CT molecular complexity index is 507. The van der Waals surface area contributed by atoms with Crippen LogP contribution in [0.15, 0.2) is 24.3 Å². The van der Waals surface area contributed by atoms with Crippen LogP contribution < -0.4 is 5.73 Å². The van der Waals surface area contributed by atoms with E-state index in [2.05, 4.69) is 0 Å². The first-order valence-electron chi connectivity index (χ1n) is 7.26. The molecule has 0 radical (unpaired) electrons. The molecule has 5 nitrogen and oxygen atoms in total. The fraction of sp³-hybridized carbons (Fsp3) is 0.562. The van der Waals surface area contributed by atoms with Crippen molar-refractivity contribution in [3.8, 4) is 0 Å². The molecule has 1 fully saturated rings. The van der Waals surface area contributed by atoms with Crippen LogP contribution in [0.1, 0.15) is 39.2 Å². The summed E-state index contributed by atoms with van der Waals surface area (Å²) < 4.78 is 5.38. The van der Waals surface area contributed by atoms with Crippen LogP contribution in [-0.2, 0) is 10.3 Å². The minimum absolute atomic E-state index is 0.242. The van der Waals surface area contributed by atoms with Crippen molar-refractivity contribution < 1.29 is 14.6 Å². The van der Waals surface area contributed by atoms with E-state index in [-0.39, 0.29) is 12.6 Å². The molecule has 0 aromatic heterocycles. The Labute approximate surface area is 125 Å². The first kappa shape index (κ1) is 15.6. The van der Waals surface area contributed by atoms with Crippen molar-refractivity contribution in [3.63, 3.8) is 0 Å². The lowest BCUT2D eigenvalue weighted by Crippen LogP contribution is -2.49. The van der Waals surface area contributed by atoms with E-state index >= 15 is 0 Å². The average Bonchev–Trinajstić information content (AvgIpc) is 2.37. The molecule has 1 aromatic rings. The molecule has 1 aliphatic heterocycles. The Morgan fingerprint density at radius 2 is 1.95 bits per heavy atom. The maximum atomic E-state index is 12.2. The number of amides is 1. The van der Waals surface area contributed by atoms with Crippen LogP contribution in [0.4, 0.5) is 10.5 Å². The van der Waals surface area contributed by atoms with Gasteiger partial charge in [-0.3, -0.25) is 0 Å². The van der Waals surface area contributed by atoms with Gasteiger partial charge in [0.05, 0.1) is 6.54 Å². The number of benzene rings is 1. The van der Waals surface area contributed by atoms with E-state index in [1.165, 1.54) is 0 Å². The predicted octanol–water partition coefficient (Wildman–Crippen LogP) is 2.49. The second-order valence-corrected chi connectivity index (χ2v) is 6.66. The van der Waals surface area contributed by atoms with Crippen LogP contribution in [0.3, 0.4) is 0 Å². The Morgan fingerprint density at radius 3 is 2.52 bits per heavy atom. The second kappa shape index (κ2) is 5.56. The van der Waals surface area contributed by atoms with Crippen molar-refractivity contribution in [2.24, 2.45) is 0 Å². The molecule has 0 spiro atoms. The zero-order valence-electron chi connectivity index (χ0n) is 12.9. The molecule has 1 aromatic carbocycles. The number of β-amino-alcohol motifs (C(OH)–C–C–N with tert-alkyl or cyclic N) is 1. The molecule has 0 aliphatic carbocycles. The lowest BCUT2D eigenvalue weighted by Gasteiger charge is -2.40. The summed E-state index contributed by atoms with van der Waals surface area (Å²) in [5, 5.41) is 10.9. The highest BCUT2D eigenvalue weighted by Gasteiger charge is 2.38. The molecule has 1 aliphatic rings. The molecule has 0 bridgehead atoms. The number of hydrogen-bond acceptors (Lipinski definition) is 4. The SMILES string of the molecule is CC(C)(C)OC(=O)N1CCCC(O)(c2ccc(N)cc2)C1. The van der Waals surface area contributed by atoms with Crippen molar-refractivity contribution >= 4 is 11.8 Å². The summed E-state index contributed by atoms with van der Waals surface area (Å²) in [4.78, 5) is 13.7. The predicted molar refractivity (Wildman–Crippen MR) is 81.8 cm³/mol. The Balaban J connectivity index is 2.12. The summed E-state index contributed by atoms with van der Waals surface area (Å²) in [6.45, 7) is 6.35. The molecule has 1 saturated heterocycles. The fourth-order valence-corrected chi connectivity index (χ4v) is 2.55. The Hall–Kier alpha value is -1.75. The van der Waals surface area contributed by atoms with Gasteiger partial charge in [0.25, 0.3) is 0 Å². The number of nitrogens with zero attached hydrogens (tertiary/aromatic N) is 1. The van der Waals surface area contributed by atoms with Crippen molar-refractivity contribution in [2.45, 2.75) is 44.8 Å². The van der Waals surface area contributed by atoms with E-state index in [1.54, 1.807) is 17.0 Å². The van der Waals surface area contributed by atoms with Crippen LogP contribution in [-0.4, -0.2) is 34.8 Å². The van der Waals surface area contributed by atoms with Gasteiger partial charge in [-0.15, -0.1) is 0 Å². The van der Waals surface area contributed by atoms with Crippen LogP contribution in [0.2, 0.25) is 0 Å². The molecule has 21 heavy (non-hydrogen) atoms. The third-order valence-electron chi connectivity index (χ3n) is 3.57. The lowest BCUT2D eigenvalue weighted by atomic mass is 9.86. The van der Waals surface area contributed by atoms with Crippen molar-refractivity contribution in [3.05, 3.63) is 29.8 Å². The molecule has 116 valence electrons. The molecule has 1 amide bonds. The minimum atomic E-state index is -1.04. The number of carbonyl (C=O) groups excluding carboxylic acids is 1. The summed E-state index contributed by atoms with van der Waals surface area (Å²) in [5.41, 5.74) is 5.54. The molecule has 0 saturated carbocycles. The zero-order valence-corrected chi connectivity index (χ0v) is 12.9. The van der Waals surface area contributed by atoms with Gasteiger partial charge in [-0.1, -0.05) is 12.1 Å². The number of piperidine rings is 1. The van der Waals surface area contributed by atoms with E-state index in [1.807, 2.05) is 32.9 Å². The largest absolute Gasteiger partial charge is 0.444 e. The monoisotopic (exact) mass is 292 g/mol. The van der Waals surface area contributed by atoms with E-state index in [9.17, 15) is 9.90 Å². The molecular weight excluding hydrogens is 268 g/mol. The number of aliphatic hydroxyl groups is 1. The van der Waals surface area contributed by atoms with Crippen molar-refractivity contribution in [2.75, 3.05) is 18.8 Å². The van der Waals surface area contributed by atoms with Crippen molar-refractivity contribution in [1.29, 1.82) is 0 Å². The van der Waals surface area contributed by atoms with Crippen LogP contribution in [0, 0.1) is 0 Å². The van der Waals surface area contributed by atoms with Gasteiger partial charge in [-0.05, 0) is 51.3 Å². The fourth-order valence-electron chi connectivity index (χ4n) is 2.55. The maximum Gasteiger partial charge on any atom is 0.410 e. The first-order chi connectivity index (χ1) is 9.70. The molecule has 1 heterocycles. The standard InChI is InChI=1S/C16H24N2O3/c1-15(2,3)21-14(19)18-10-4-9-16(20,11-18)12-5-7-13(17)8-6-12/h5-8,20H,4,9-11,17H2,1-3H3. The quantitative estimate of drug-likeness (QED) is 0.780. The molecule has 3 N–H and O–H groups in total. The van der Waals surface area contributed by atoms with Gasteiger partial charge < -0.3 is 20.5 Å². The highest BCUT2D eigenvalue weighted by molar-refractivity contribution is 5.68. The topological polar surface area (TPSA) is 75.8 Å². The van der Waals surface area contributed by atoms with E-state index < -0.39 is 11.2 Å². The van der Waals surface area contributed by atoms with E-state index in [0.29, 0.717) is 18.7 Å². The maximum absolute atomic E-state index is 12.2. The summed E-state index contributed by atoms with van der Waals surface area (Å²) in [7, 11) is 0. The van der Waals surface area contributed by atoms with Gasteiger partial charge in [0.2, 0.25) is 0 Å². The molecule has 5 heteroatoms. The number of anilines is 1. The highest BCUT2D eigenvalue weighted by atomic mass is 16.6. The van der Waals surface area contributed by atoms with Crippen LogP contribution in [0.25, 0.3) is 0 Å². The van der Waals surface area contributed by atoms with Crippen LogP contribution >= 0.6 is 0 Å². The van der Waals surface area contributed by atoms with E-state index in [0.717, 1.165) is 12.0 Å². The number of rotatable bonds is 1. The molecule has 2 rings (SSSR count). The number of carbonyl (C=O) groups is 1. The summed E-state index contributed by atoms with van der Waals surface area (Å²) in [6, 6.07) is 7.15. The Morgan fingerprint density at radius 1 is 1.33 bits per heavy atom. The van der Waals surface area contributed by atoms with Gasteiger partial charge in [-0.2, -0.15) is 0 Å². The third-order valence-corrected chi connectivity index (χ3v) is 3.57. The number of hydrogen-bond donors (Lipinski definition) is 2. The Kier molecular flexibility index (Phi) is 4.14. The average molecular weight is 292 g/mol. The van der Waals surface area contributed by atoms with Gasteiger partial charge >= 0.3 is 6.09 Å².